The van der Waals surface area contributed by atoms with Crippen molar-refractivity contribution >= 4 is 0 Å². The van der Waals surface area contributed by atoms with Gasteiger partial charge < -0.3 is 10.5 Å². The lowest BCUT2D eigenvalue weighted by Gasteiger charge is -2.25. The van der Waals surface area contributed by atoms with Gasteiger partial charge in [-0.05, 0) is 24.8 Å². The highest BCUT2D eigenvalue weighted by Crippen LogP contribution is 2.25. The molecule has 0 heterocycles. The third kappa shape index (κ3) is 4.92. The smallest absolute Gasteiger partial charge is 0.129 e. The van der Waals surface area contributed by atoms with Crippen LogP contribution in [-0.2, 0) is 4.74 Å². The Kier molecular flexibility index (Phi) is 7.03. The number of halogens is 1. The van der Waals surface area contributed by atoms with Gasteiger partial charge in [0.15, 0.2) is 0 Å². The molecule has 2 N–H and O–H groups in total. The fourth-order valence-electron chi connectivity index (χ4n) is 2.21. The van der Waals surface area contributed by atoms with Gasteiger partial charge in [0.25, 0.3) is 0 Å². The zero-order valence-corrected chi connectivity index (χ0v) is 12.2. The number of rotatable bonds is 8. The van der Waals surface area contributed by atoms with Crippen molar-refractivity contribution in [1.29, 1.82) is 0 Å². The second kappa shape index (κ2) is 8.28. The molecule has 0 amide bonds. The molecule has 3 atom stereocenters. The summed E-state index contributed by atoms with van der Waals surface area (Å²) in [5.41, 5.74) is 6.66. The van der Waals surface area contributed by atoms with Crippen molar-refractivity contribution in [2.45, 2.75) is 52.2 Å². The van der Waals surface area contributed by atoms with Crippen molar-refractivity contribution in [2.24, 2.45) is 11.7 Å². The Morgan fingerprint density at radius 1 is 1.26 bits per heavy atom. The van der Waals surface area contributed by atoms with E-state index in [1.807, 2.05) is 13.0 Å². The summed E-state index contributed by atoms with van der Waals surface area (Å²) in [6.45, 7) is 6.93. The lowest BCUT2D eigenvalue weighted by molar-refractivity contribution is 0.0111. The first-order valence-corrected chi connectivity index (χ1v) is 7.21. The molecule has 0 fully saturated rings. The van der Waals surface area contributed by atoms with Crippen LogP contribution in [0.15, 0.2) is 24.3 Å². The lowest BCUT2D eigenvalue weighted by Crippen LogP contribution is -2.31. The molecule has 0 spiro atoms. The molecule has 3 unspecified atom stereocenters. The second-order valence-electron chi connectivity index (χ2n) is 5.24. The Morgan fingerprint density at radius 2 is 1.95 bits per heavy atom. The minimum Gasteiger partial charge on any atom is -0.372 e. The monoisotopic (exact) mass is 267 g/mol. The molecule has 0 aliphatic heterocycles. The normalized spacial score (nSPS) is 16.1. The Morgan fingerprint density at radius 3 is 2.53 bits per heavy atom. The van der Waals surface area contributed by atoms with E-state index in [-0.39, 0.29) is 18.0 Å². The van der Waals surface area contributed by atoms with Crippen LogP contribution in [0.5, 0.6) is 0 Å². The zero-order valence-electron chi connectivity index (χ0n) is 12.2. The molecule has 2 nitrogen and oxygen atoms in total. The summed E-state index contributed by atoms with van der Waals surface area (Å²) in [5.74, 6) is 0.239. The Balaban J connectivity index is 2.76. The van der Waals surface area contributed by atoms with E-state index in [9.17, 15) is 4.39 Å². The molecule has 1 rings (SSSR count). The highest BCUT2D eigenvalue weighted by Gasteiger charge is 2.22. The van der Waals surface area contributed by atoms with Crippen LogP contribution in [0.25, 0.3) is 0 Å². The SMILES string of the molecule is CCCC(C)COC(c1ccccc1F)C(N)CC. The van der Waals surface area contributed by atoms with E-state index in [0.717, 1.165) is 19.3 Å². The summed E-state index contributed by atoms with van der Waals surface area (Å²) in [4.78, 5) is 0. The average Bonchev–Trinajstić information content (AvgIpc) is 2.40. The maximum atomic E-state index is 13.9. The van der Waals surface area contributed by atoms with E-state index in [1.54, 1.807) is 12.1 Å². The van der Waals surface area contributed by atoms with Gasteiger partial charge in [-0.2, -0.15) is 0 Å². The van der Waals surface area contributed by atoms with Gasteiger partial charge in [0.2, 0.25) is 0 Å². The summed E-state index contributed by atoms with van der Waals surface area (Å²) in [7, 11) is 0. The third-order valence-corrected chi connectivity index (χ3v) is 3.41. The van der Waals surface area contributed by atoms with Crippen molar-refractivity contribution < 1.29 is 9.13 Å². The van der Waals surface area contributed by atoms with Crippen LogP contribution in [-0.4, -0.2) is 12.6 Å². The molecule has 0 radical (unpaired) electrons. The number of nitrogens with two attached hydrogens (primary N) is 1. The maximum Gasteiger partial charge on any atom is 0.129 e. The van der Waals surface area contributed by atoms with Crippen LogP contribution in [0.2, 0.25) is 0 Å². The summed E-state index contributed by atoms with van der Waals surface area (Å²) in [6, 6.07) is 6.56. The molecule has 0 aliphatic carbocycles. The van der Waals surface area contributed by atoms with Crippen molar-refractivity contribution in [2.75, 3.05) is 6.61 Å². The summed E-state index contributed by atoms with van der Waals surface area (Å²) in [5, 5.41) is 0. The fraction of sp³-hybridized carbons (Fsp3) is 0.625. The lowest BCUT2D eigenvalue weighted by atomic mass is 10.00. The molecule has 0 aromatic heterocycles. The molecule has 108 valence electrons. The quantitative estimate of drug-likeness (QED) is 0.771. The number of hydrogen-bond donors (Lipinski definition) is 1. The molecular weight excluding hydrogens is 241 g/mol. The Hall–Kier alpha value is -0.930. The van der Waals surface area contributed by atoms with Crippen LogP contribution in [0.1, 0.15) is 51.7 Å². The topological polar surface area (TPSA) is 35.2 Å². The molecule has 0 bridgehead atoms. The minimum atomic E-state index is -0.356. The van der Waals surface area contributed by atoms with E-state index < -0.39 is 0 Å². The molecule has 0 saturated heterocycles. The molecular formula is C16H26FNO. The number of hydrogen-bond acceptors (Lipinski definition) is 2. The van der Waals surface area contributed by atoms with Crippen molar-refractivity contribution in [3.8, 4) is 0 Å². The van der Waals surface area contributed by atoms with Crippen LogP contribution < -0.4 is 5.73 Å². The van der Waals surface area contributed by atoms with E-state index >= 15 is 0 Å². The Bertz CT molecular complexity index is 370. The molecule has 0 saturated carbocycles. The predicted molar refractivity (Wildman–Crippen MR) is 77.4 cm³/mol. The van der Waals surface area contributed by atoms with Gasteiger partial charge in [0.1, 0.15) is 11.9 Å². The van der Waals surface area contributed by atoms with Gasteiger partial charge in [-0.15, -0.1) is 0 Å². The van der Waals surface area contributed by atoms with Crippen molar-refractivity contribution in [3.63, 3.8) is 0 Å². The van der Waals surface area contributed by atoms with Crippen LogP contribution >= 0.6 is 0 Å². The van der Waals surface area contributed by atoms with E-state index in [0.29, 0.717) is 18.1 Å². The largest absolute Gasteiger partial charge is 0.372 e. The summed E-state index contributed by atoms with van der Waals surface area (Å²) < 4.78 is 19.8. The number of ether oxygens (including phenoxy) is 1. The van der Waals surface area contributed by atoms with Gasteiger partial charge in [-0.25, -0.2) is 4.39 Å². The van der Waals surface area contributed by atoms with Crippen molar-refractivity contribution in [1.82, 2.24) is 0 Å². The molecule has 0 aliphatic rings. The highest BCUT2D eigenvalue weighted by molar-refractivity contribution is 5.21. The van der Waals surface area contributed by atoms with Gasteiger partial charge >= 0.3 is 0 Å². The number of benzene rings is 1. The van der Waals surface area contributed by atoms with E-state index in [2.05, 4.69) is 13.8 Å². The van der Waals surface area contributed by atoms with Gasteiger partial charge in [0.05, 0.1) is 6.61 Å². The molecule has 3 heteroatoms. The first-order chi connectivity index (χ1) is 9.10. The highest BCUT2D eigenvalue weighted by atomic mass is 19.1. The van der Waals surface area contributed by atoms with Gasteiger partial charge in [-0.1, -0.05) is 45.4 Å². The molecule has 1 aromatic rings. The molecule has 1 aromatic carbocycles. The van der Waals surface area contributed by atoms with Gasteiger partial charge in [0, 0.05) is 11.6 Å². The molecule has 19 heavy (non-hydrogen) atoms. The van der Waals surface area contributed by atoms with Crippen LogP contribution in [0.3, 0.4) is 0 Å². The fourth-order valence-corrected chi connectivity index (χ4v) is 2.21. The average molecular weight is 267 g/mol. The van der Waals surface area contributed by atoms with Crippen LogP contribution in [0.4, 0.5) is 4.39 Å². The minimum absolute atomic E-state index is 0.175. The van der Waals surface area contributed by atoms with Gasteiger partial charge in [-0.3, -0.25) is 0 Å². The maximum absolute atomic E-state index is 13.9. The summed E-state index contributed by atoms with van der Waals surface area (Å²) >= 11 is 0. The van der Waals surface area contributed by atoms with E-state index in [1.165, 1.54) is 6.07 Å². The second-order valence-corrected chi connectivity index (χ2v) is 5.24. The zero-order chi connectivity index (χ0) is 14.3. The first-order valence-electron chi connectivity index (χ1n) is 7.21. The predicted octanol–water partition coefficient (Wildman–Crippen LogP) is 4.06. The van der Waals surface area contributed by atoms with Crippen LogP contribution in [0, 0.1) is 11.7 Å². The first kappa shape index (κ1) is 16.1. The Labute approximate surface area is 116 Å². The summed E-state index contributed by atoms with van der Waals surface area (Å²) in [6.07, 6.45) is 2.66. The van der Waals surface area contributed by atoms with Crippen molar-refractivity contribution in [3.05, 3.63) is 35.6 Å². The third-order valence-electron chi connectivity index (χ3n) is 3.41. The standard InChI is InChI=1S/C16H26FNO/c1-4-8-12(3)11-19-16(15(18)5-2)13-9-6-7-10-14(13)17/h6-7,9-10,12,15-16H,4-5,8,11,18H2,1-3H3. The van der Waals surface area contributed by atoms with E-state index in [4.69, 9.17) is 10.5 Å².